The van der Waals surface area contributed by atoms with Gasteiger partial charge in [-0.05, 0) is 32.1 Å². The van der Waals surface area contributed by atoms with Gasteiger partial charge in [-0.1, -0.05) is 13.8 Å². The Morgan fingerprint density at radius 2 is 1.95 bits per heavy atom. The van der Waals surface area contributed by atoms with E-state index < -0.39 is 23.8 Å². The molecule has 0 aromatic heterocycles. The van der Waals surface area contributed by atoms with Crippen molar-refractivity contribution in [2.45, 2.75) is 57.8 Å². The van der Waals surface area contributed by atoms with Crippen molar-refractivity contribution in [2.75, 3.05) is 6.54 Å². The largest absolute Gasteiger partial charge is 0.479 e. The fraction of sp³-hybridized carbons (Fsp3) is 0.846. The zero-order chi connectivity index (χ0) is 14.6. The van der Waals surface area contributed by atoms with Crippen molar-refractivity contribution in [1.82, 2.24) is 5.32 Å². The van der Waals surface area contributed by atoms with Gasteiger partial charge in [-0.25, -0.2) is 4.79 Å². The Bertz CT molecular complexity index is 340. The Hall–Kier alpha value is -1.14. The number of rotatable bonds is 6. The van der Waals surface area contributed by atoms with Gasteiger partial charge in [0.15, 0.2) is 6.10 Å². The van der Waals surface area contributed by atoms with E-state index in [1.54, 1.807) is 6.92 Å². The summed E-state index contributed by atoms with van der Waals surface area (Å²) in [6, 6.07) is 0. The highest BCUT2D eigenvalue weighted by atomic mass is 16.5. The maximum absolute atomic E-state index is 11.8. The van der Waals surface area contributed by atoms with E-state index in [4.69, 9.17) is 9.84 Å². The second kappa shape index (κ2) is 6.34. The average molecular weight is 273 g/mol. The first-order chi connectivity index (χ1) is 8.71. The third kappa shape index (κ3) is 5.16. The molecule has 110 valence electrons. The summed E-state index contributed by atoms with van der Waals surface area (Å²) < 4.78 is 5.14. The molecule has 1 amide bonds. The van der Waals surface area contributed by atoms with Gasteiger partial charge in [0.05, 0.1) is 5.60 Å². The second-order valence-electron chi connectivity index (χ2n) is 5.84. The molecule has 0 aromatic rings. The van der Waals surface area contributed by atoms with Crippen LogP contribution in [0.3, 0.4) is 0 Å². The molecule has 0 spiro atoms. The van der Waals surface area contributed by atoms with Gasteiger partial charge in [0.25, 0.3) is 0 Å². The van der Waals surface area contributed by atoms with Gasteiger partial charge in [-0.15, -0.1) is 0 Å². The van der Waals surface area contributed by atoms with Crippen LogP contribution in [0.15, 0.2) is 0 Å². The van der Waals surface area contributed by atoms with Crippen molar-refractivity contribution in [1.29, 1.82) is 0 Å². The molecule has 3 atom stereocenters. The lowest BCUT2D eigenvalue weighted by atomic mass is 9.94. The van der Waals surface area contributed by atoms with Gasteiger partial charge < -0.3 is 20.3 Å². The maximum atomic E-state index is 11.8. The minimum atomic E-state index is -1.04. The first-order valence-electron chi connectivity index (χ1n) is 6.59. The number of carbonyl (C=O) groups excluding carboxylic acids is 1. The van der Waals surface area contributed by atoms with Crippen molar-refractivity contribution in [3.05, 3.63) is 0 Å². The van der Waals surface area contributed by atoms with Crippen molar-refractivity contribution in [3.63, 3.8) is 0 Å². The molecule has 0 bridgehead atoms. The number of hydrogen-bond acceptors (Lipinski definition) is 4. The van der Waals surface area contributed by atoms with E-state index in [2.05, 4.69) is 5.32 Å². The molecule has 0 aliphatic carbocycles. The van der Waals surface area contributed by atoms with Gasteiger partial charge in [0.1, 0.15) is 6.10 Å². The summed E-state index contributed by atoms with van der Waals surface area (Å²) >= 11 is 0. The number of amides is 1. The molecule has 0 saturated carbocycles. The van der Waals surface area contributed by atoms with Crippen molar-refractivity contribution < 1.29 is 24.5 Å². The fourth-order valence-corrected chi connectivity index (χ4v) is 2.35. The van der Waals surface area contributed by atoms with Gasteiger partial charge in [0.2, 0.25) is 5.91 Å². The lowest BCUT2D eigenvalue weighted by Crippen LogP contribution is -2.45. The predicted octanol–water partition coefficient (Wildman–Crippen LogP) is 0.532. The molecule has 0 aromatic carbocycles. The number of hydrogen-bond donors (Lipinski definition) is 3. The Balaban J connectivity index is 2.38. The topological polar surface area (TPSA) is 95.9 Å². The summed E-state index contributed by atoms with van der Waals surface area (Å²) in [6.45, 7) is 5.80. The molecular weight excluding hydrogens is 250 g/mol. The molecule has 6 heteroatoms. The summed E-state index contributed by atoms with van der Waals surface area (Å²) in [5.41, 5.74) is -0.964. The monoisotopic (exact) mass is 273 g/mol. The number of aliphatic carboxylic acids is 1. The van der Waals surface area contributed by atoms with E-state index in [9.17, 15) is 14.7 Å². The van der Waals surface area contributed by atoms with Gasteiger partial charge in [-0.2, -0.15) is 0 Å². The minimum Gasteiger partial charge on any atom is -0.479 e. The van der Waals surface area contributed by atoms with Crippen LogP contribution in [0.25, 0.3) is 0 Å². The van der Waals surface area contributed by atoms with Gasteiger partial charge in [-0.3, -0.25) is 4.79 Å². The van der Waals surface area contributed by atoms with Gasteiger partial charge >= 0.3 is 5.97 Å². The molecule has 1 heterocycles. The number of carbonyl (C=O) groups is 2. The highest BCUT2D eigenvalue weighted by Gasteiger charge is 2.35. The van der Waals surface area contributed by atoms with E-state index in [0.717, 1.165) is 0 Å². The highest BCUT2D eigenvalue weighted by Crippen LogP contribution is 2.20. The Kier molecular flexibility index (Phi) is 5.31. The zero-order valence-electron chi connectivity index (χ0n) is 11.7. The summed E-state index contributed by atoms with van der Waals surface area (Å²) in [5, 5.41) is 21.5. The van der Waals surface area contributed by atoms with Gasteiger partial charge in [0, 0.05) is 6.54 Å². The molecule has 1 unspecified atom stereocenters. The zero-order valence-corrected chi connectivity index (χ0v) is 11.7. The molecule has 1 fully saturated rings. The Labute approximate surface area is 113 Å². The smallest absolute Gasteiger partial charge is 0.332 e. The fourth-order valence-electron chi connectivity index (χ4n) is 2.35. The van der Waals surface area contributed by atoms with Crippen LogP contribution < -0.4 is 5.32 Å². The molecule has 1 aliphatic heterocycles. The van der Waals surface area contributed by atoms with Crippen LogP contribution in [0.5, 0.6) is 0 Å². The Morgan fingerprint density at radius 3 is 2.42 bits per heavy atom. The van der Waals surface area contributed by atoms with Crippen LogP contribution in [0.4, 0.5) is 0 Å². The van der Waals surface area contributed by atoms with E-state index in [1.165, 1.54) is 0 Å². The minimum absolute atomic E-state index is 0.140. The molecule has 1 saturated heterocycles. The normalized spacial score (nSPS) is 26.2. The lowest BCUT2D eigenvalue weighted by molar-refractivity contribution is -0.152. The third-order valence-electron chi connectivity index (χ3n) is 3.08. The molecule has 1 aliphatic rings. The second-order valence-corrected chi connectivity index (χ2v) is 5.84. The van der Waals surface area contributed by atoms with Crippen LogP contribution in [0, 0.1) is 5.92 Å². The first-order valence-corrected chi connectivity index (χ1v) is 6.59. The molecular formula is C13H23NO5. The molecule has 19 heavy (non-hydrogen) atoms. The standard InChI is InChI=1S/C13H23NO5/c1-8(2)6-13(3,18)7-14-11(15)9-4-5-10(19-9)12(16)17/h8-10,18H,4-7H2,1-3H3,(H,14,15)(H,16,17)/t9-,10+,13?/m0/s1. The van der Waals surface area contributed by atoms with Crippen molar-refractivity contribution in [3.8, 4) is 0 Å². The van der Waals surface area contributed by atoms with E-state index in [-0.39, 0.29) is 12.5 Å². The lowest BCUT2D eigenvalue weighted by Gasteiger charge is -2.26. The van der Waals surface area contributed by atoms with Crippen molar-refractivity contribution in [2.24, 2.45) is 5.92 Å². The van der Waals surface area contributed by atoms with Crippen molar-refractivity contribution >= 4 is 11.9 Å². The van der Waals surface area contributed by atoms with E-state index in [1.807, 2.05) is 13.8 Å². The number of aliphatic hydroxyl groups is 1. The van der Waals surface area contributed by atoms with Crippen LogP contribution in [-0.4, -0.2) is 46.4 Å². The molecule has 1 rings (SSSR count). The quantitative estimate of drug-likeness (QED) is 0.656. The van der Waals surface area contributed by atoms with E-state index >= 15 is 0 Å². The van der Waals surface area contributed by atoms with Crippen LogP contribution in [0.1, 0.15) is 40.0 Å². The average Bonchev–Trinajstić information content (AvgIpc) is 2.73. The summed E-state index contributed by atoms with van der Waals surface area (Å²) in [6.07, 6.45) is -0.301. The third-order valence-corrected chi connectivity index (χ3v) is 3.08. The number of carboxylic acids is 1. The van der Waals surface area contributed by atoms with Crippen LogP contribution >= 0.6 is 0 Å². The predicted molar refractivity (Wildman–Crippen MR) is 68.6 cm³/mol. The number of ether oxygens (including phenoxy) is 1. The summed E-state index contributed by atoms with van der Waals surface area (Å²) in [7, 11) is 0. The number of carboxylic acid groups (broad SMARTS) is 1. The SMILES string of the molecule is CC(C)CC(C)(O)CNC(=O)[C@@H]1CC[C@H](C(=O)O)O1. The molecule has 3 N–H and O–H groups in total. The highest BCUT2D eigenvalue weighted by molar-refractivity contribution is 5.82. The summed E-state index contributed by atoms with van der Waals surface area (Å²) in [4.78, 5) is 22.5. The first kappa shape index (κ1) is 15.9. The number of nitrogens with one attached hydrogen (secondary N) is 1. The van der Waals surface area contributed by atoms with E-state index in [0.29, 0.717) is 25.2 Å². The molecule has 0 radical (unpaired) electrons. The maximum Gasteiger partial charge on any atom is 0.332 e. The molecule has 6 nitrogen and oxygen atoms in total. The van der Waals surface area contributed by atoms with Crippen LogP contribution in [0.2, 0.25) is 0 Å². The van der Waals surface area contributed by atoms with Crippen LogP contribution in [-0.2, 0) is 14.3 Å². The Morgan fingerprint density at radius 1 is 1.37 bits per heavy atom. The summed E-state index contributed by atoms with van der Waals surface area (Å²) in [5.74, 6) is -1.07.